The van der Waals surface area contributed by atoms with E-state index in [2.05, 4.69) is 6.58 Å². The lowest BCUT2D eigenvalue weighted by molar-refractivity contribution is -0.160. The fourth-order valence-electron chi connectivity index (χ4n) is 2.13. The van der Waals surface area contributed by atoms with Crippen molar-refractivity contribution in [2.45, 2.75) is 19.0 Å². The molecule has 1 aliphatic heterocycles. The van der Waals surface area contributed by atoms with Gasteiger partial charge in [-0.15, -0.1) is 6.58 Å². The lowest BCUT2D eigenvalue weighted by Gasteiger charge is -2.22. The number of ether oxygens (including phenoxy) is 2. The van der Waals surface area contributed by atoms with Gasteiger partial charge in [-0.2, -0.15) is 13.2 Å². The van der Waals surface area contributed by atoms with Crippen LogP contribution in [0.1, 0.15) is 12.0 Å². The third-order valence-electron chi connectivity index (χ3n) is 3.14. The summed E-state index contributed by atoms with van der Waals surface area (Å²) in [4.78, 5) is 12.7. The Bertz CT molecular complexity index is 557. The number of carbonyl (C=O) groups excluding carboxylic acids is 1. The molecule has 0 unspecified atom stereocenters. The van der Waals surface area contributed by atoms with E-state index >= 15 is 0 Å². The molecule has 0 radical (unpaired) electrons. The van der Waals surface area contributed by atoms with Crippen molar-refractivity contribution in [2.24, 2.45) is 0 Å². The zero-order valence-corrected chi connectivity index (χ0v) is 11.9. The van der Waals surface area contributed by atoms with Crippen LogP contribution in [0.25, 0.3) is 0 Å². The number of aryl methyl sites for hydroxylation is 1. The molecule has 0 saturated carbocycles. The second-order valence-corrected chi connectivity index (χ2v) is 4.87. The number of alkyl halides is 3. The van der Waals surface area contributed by atoms with E-state index in [4.69, 9.17) is 9.47 Å². The van der Waals surface area contributed by atoms with Gasteiger partial charge in [0.1, 0.15) is 6.54 Å². The fourth-order valence-corrected chi connectivity index (χ4v) is 2.13. The van der Waals surface area contributed by atoms with Crippen LogP contribution in [0.5, 0.6) is 11.5 Å². The number of amides is 1. The van der Waals surface area contributed by atoms with E-state index < -0.39 is 18.6 Å². The Morgan fingerprint density at radius 2 is 2.05 bits per heavy atom. The third kappa shape index (κ3) is 4.41. The van der Waals surface area contributed by atoms with Gasteiger partial charge in [0.15, 0.2) is 11.5 Å². The summed E-state index contributed by atoms with van der Waals surface area (Å²) in [6.45, 7) is 2.14. The first-order valence-electron chi connectivity index (χ1n) is 6.73. The van der Waals surface area contributed by atoms with Gasteiger partial charge in [0, 0.05) is 13.0 Å². The summed E-state index contributed by atoms with van der Waals surface area (Å²) < 4.78 is 47.7. The lowest BCUT2D eigenvalue weighted by Crippen LogP contribution is -2.39. The molecule has 0 fully saturated rings. The molecule has 1 aromatic rings. The summed E-state index contributed by atoms with van der Waals surface area (Å²) in [5.74, 6) is 0.651. The van der Waals surface area contributed by atoms with Crippen LogP contribution in [-0.4, -0.2) is 36.9 Å². The molecule has 1 heterocycles. The van der Waals surface area contributed by atoms with Gasteiger partial charge in [0.25, 0.3) is 0 Å². The highest BCUT2D eigenvalue weighted by molar-refractivity contribution is 5.76. The first-order valence-corrected chi connectivity index (χ1v) is 6.73. The van der Waals surface area contributed by atoms with Gasteiger partial charge in [0.05, 0.1) is 0 Å². The topological polar surface area (TPSA) is 38.8 Å². The zero-order chi connectivity index (χ0) is 16.2. The largest absolute Gasteiger partial charge is 0.454 e. The molecule has 0 saturated heterocycles. The van der Waals surface area contributed by atoms with Crippen LogP contribution in [0.3, 0.4) is 0 Å². The Labute approximate surface area is 126 Å². The Hall–Kier alpha value is -2.18. The van der Waals surface area contributed by atoms with E-state index in [0.717, 1.165) is 10.5 Å². The maximum absolute atomic E-state index is 12.4. The highest BCUT2D eigenvalue weighted by atomic mass is 19.4. The molecule has 0 spiro atoms. The summed E-state index contributed by atoms with van der Waals surface area (Å²) >= 11 is 0. The number of rotatable bonds is 6. The Morgan fingerprint density at radius 3 is 2.73 bits per heavy atom. The average molecular weight is 315 g/mol. The normalized spacial score (nSPS) is 13.0. The lowest BCUT2D eigenvalue weighted by atomic mass is 10.1. The minimum absolute atomic E-state index is 0.0104. The van der Waals surface area contributed by atoms with E-state index in [1.807, 2.05) is 0 Å². The van der Waals surface area contributed by atoms with E-state index in [1.54, 1.807) is 18.2 Å². The molecule has 22 heavy (non-hydrogen) atoms. The van der Waals surface area contributed by atoms with Crippen molar-refractivity contribution >= 4 is 5.91 Å². The minimum Gasteiger partial charge on any atom is -0.454 e. The van der Waals surface area contributed by atoms with E-state index in [-0.39, 0.29) is 19.8 Å². The number of benzene rings is 1. The van der Waals surface area contributed by atoms with E-state index in [9.17, 15) is 18.0 Å². The monoisotopic (exact) mass is 315 g/mol. The average Bonchev–Trinajstić information content (AvgIpc) is 2.90. The van der Waals surface area contributed by atoms with Crippen molar-refractivity contribution in [1.82, 2.24) is 4.90 Å². The summed E-state index contributed by atoms with van der Waals surface area (Å²) in [5, 5.41) is 0. The number of hydrogen-bond acceptors (Lipinski definition) is 3. The minimum atomic E-state index is -4.42. The van der Waals surface area contributed by atoms with Gasteiger partial charge in [-0.25, -0.2) is 0 Å². The fraction of sp³-hybridized carbons (Fsp3) is 0.400. The molecule has 0 atom stereocenters. The van der Waals surface area contributed by atoms with Crippen LogP contribution >= 0.6 is 0 Å². The highest BCUT2D eigenvalue weighted by Crippen LogP contribution is 2.32. The van der Waals surface area contributed by atoms with E-state index in [0.29, 0.717) is 17.9 Å². The van der Waals surface area contributed by atoms with Gasteiger partial charge in [0.2, 0.25) is 12.7 Å². The van der Waals surface area contributed by atoms with Crippen molar-refractivity contribution in [3.05, 3.63) is 36.4 Å². The quantitative estimate of drug-likeness (QED) is 0.758. The van der Waals surface area contributed by atoms with Crippen molar-refractivity contribution in [3.8, 4) is 11.5 Å². The molecule has 0 bridgehead atoms. The smallest absolute Gasteiger partial charge is 0.406 e. The molecule has 0 N–H and O–H groups in total. The van der Waals surface area contributed by atoms with Crippen LogP contribution in [0.2, 0.25) is 0 Å². The van der Waals surface area contributed by atoms with Gasteiger partial charge >= 0.3 is 6.18 Å². The van der Waals surface area contributed by atoms with Gasteiger partial charge in [-0.3, -0.25) is 4.79 Å². The maximum Gasteiger partial charge on any atom is 0.406 e. The number of fused-ring (bicyclic) bond motifs is 1. The van der Waals surface area contributed by atoms with Gasteiger partial charge in [-0.05, 0) is 24.1 Å². The van der Waals surface area contributed by atoms with Crippen LogP contribution in [0, 0.1) is 0 Å². The molecule has 1 aromatic carbocycles. The van der Waals surface area contributed by atoms with E-state index in [1.165, 1.54) is 6.08 Å². The predicted octanol–water partition coefficient (Wildman–Crippen LogP) is 2.92. The number of hydrogen-bond donors (Lipinski definition) is 0. The summed E-state index contributed by atoms with van der Waals surface area (Å²) in [5.41, 5.74) is 0.808. The van der Waals surface area contributed by atoms with Crippen molar-refractivity contribution < 1.29 is 27.4 Å². The Balaban J connectivity index is 1.94. The first kappa shape index (κ1) is 16.2. The molecule has 0 aromatic heterocycles. The second-order valence-electron chi connectivity index (χ2n) is 4.87. The molecule has 2 rings (SSSR count). The standard InChI is InChI=1S/C15H16F3NO3/c1-2-7-19(9-15(16,17)18)14(20)6-4-11-3-5-12-13(8-11)22-10-21-12/h2-3,5,8H,1,4,6-7,9-10H2. The van der Waals surface area contributed by atoms with Crippen molar-refractivity contribution in [2.75, 3.05) is 19.9 Å². The molecule has 1 amide bonds. The van der Waals surface area contributed by atoms with Crippen LogP contribution in [0.15, 0.2) is 30.9 Å². The van der Waals surface area contributed by atoms with Crippen LogP contribution in [0.4, 0.5) is 13.2 Å². The first-order chi connectivity index (χ1) is 10.4. The zero-order valence-electron chi connectivity index (χ0n) is 11.9. The Kier molecular flexibility index (Phi) is 4.95. The molecule has 120 valence electrons. The SMILES string of the molecule is C=CCN(CC(F)(F)F)C(=O)CCc1ccc2c(c1)OCO2. The molecule has 0 aliphatic carbocycles. The molecular weight excluding hydrogens is 299 g/mol. The molecule has 4 nitrogen and oxygen atoms in total. The van der Waals surface area contributed by atoms with Crippen LogP contribution in [-0.2, 0) is 11.2 Å². The molecular formula is C15H16F3NO3. The number of carbonyl (C=O) groups is 1. The summed E-state index contributed by atoms with van der Waals surface area (Å²) in [7, 11) is 0. The van der Waals surface area contributed by atoms with Gasteiger partial charge in [-0.1, -0.05) is 12.1 Å². The molecule has 7 heteroatoms. The highest BCUT2D eigenvalue weighted by Gasteiger charge is 2.32. The number of nitrogens with zero attached hydrogens (tertiary/aromatic N) is 1. The van der Waals surface area contributed by atoms with Crippen molar-refractivity contribution in [3.63, 3.8) is 0 Å². The third-order valence-corrected chi connectivity index (χ3v) is 3.14. The summed E-state index contributed by atoms with van der Waals surface area (Å²) in [6.07, 6.45) is -2.81. The second kappa shape index (κ2) is 6.72. The molecule has 1 aliphatic rings. The van der Waals surface area contributed by atoms with Crippen LogP contribution < -0.4 is 9.47 Å². The van der Waals surface area contributed by atoms with Crippen molar-refractivity contribution in [1.29, 1.82) is 0 Å². The summed E-state index contributed by atoms with van der Waals surface area (Å²) in [6, 6.07) is 5.22. The van der Waals surface area contributed by atoms with Gasteiger partial charge < -0.3 is 14.4 Å². The Morgan fingerprint density at radius 1 is 1.32 bits per heavy atom. The predicted molar refractivity (Wildman–Crippen MR) is 73.7 cm³/mol. The maximum atomic E-state index is 12.4. The number of halogens is 3.